The van der Waals surface area contributed by atoms with Gasteiger partial charge in [0.05, 0.1) is 7.11 Å². The number of hydrogen-bond donors (Lipinski definition) is 0. The molecule has 80 valence electrons. The van der Waals surface area contributed by atoms with Crippen LogP contribution in [0.4, 0.5) is 0 Å². The molecule has 1 fully saturated rings. The van der Waals surface area contributed by atoms with Gasteiger partial charge < -0.3 is 4.74 Å². The van der Waals surface area contributed by atoms with Gasteiger partial charge in [0.25, 0.3) is 0 Å². The highest BCUT2D eigenvalue weighted by Crippen LogP contribution is 2.31. The Morgan fingerprint density at radius 2 is 2.00 bits per heavy atom. The van der Waals surface area contributed by atoms with E-state index in [-0.39, 0.29) is 5.97 Å². The molecule has 0 aromatic heterocycles. The molecule has 2 nitrogen and oxygen atoms in total. The molecule has 1 rings (SSSR count). The summed E-state index contributed by atoms with van der Waals surface area (Å²) in [5, 5.41) is 0. The predicted molar refractivity (Wildman–Crippen MR) is 57.0 cm³/mol. The van der Waals surface area contributed by atoms with Crippen LogP contribution in [0.1, 0.15) is 45.4 Å². The van der Waals surface area contributed by atoms with E-state index in [1.165, 1.54) is 44.8 Å². The SMILES string of the molecule is CCC(=CC(=O)OC)C1CCCCC1. The molecule has 0 atom stereocenters. The second kappa shape index (κ2) is 5.84. The monoisotopic (exact) mass is 196 g/mol. The molecule has 0 unspecified atom stereocenters. The maximum atomic E-state index is 11.1. The van der Waals surface area contributed by atoms with Crippen molar-refractivity contribution in [1.29, 1.82) is 0 Å². The van der Waals surface area contributed by atoms with Crippen molar-refractivity contribution in [3.05, 3.63) is 11.6 Å². The van der Waals surface area contributed by atoms with Crippen LogP contribution in [0, 0.1) is 5.92 Å². The van der Waals surface area contributed by atoms with Crippen LogP contribution in [-0.2, 0) is 9.53 Å². The average molecular weight is 196 g/mol. The third-order valence-electron chi connectivity index (χ3n) is 3.04. The summed E-state index contributed by atoms with van der Waals surface area (Å²) in [5.74, 6) is 0.431. The Morgan fingerprint density at radius 3 is 2.50 bits per heavy atom. The van der Waals surface area contributed by atoms with Gasteiger partial charge in [0, 0.05) is 6.08 Å². The van der Waals surface area contributed by atoms with Crippen molar-refractivity contribution in [2.24, 2.45) is 5.92 Å². The first-order chi connectivity index (χ1) is 6.77. The summed E-state index contributed by atoms with van der Waals surface area (Å²) in [7, 11) is 1.44. The molecule has 0 aromatic rings. The highest BCUT2D eigenvalue weighted by Gasteiger charge is 2.17. The van der Waals surface area contributed by atoms with Crippen LogP contribution in [0.15, 0.2) is 11.6 Å². The number of hydrogen-bond acceptors (Lipinski definition) is 2. The molecule has 0 saturated heterocycles. The summed E-state index contributed by atoms with van der Waals surface area (Å²) in [6.07, 6.45) is 9.13. The van der Waals surface area contributed by atoms with Crippen LogP contribution < -0.4 is 0 Å². The fraction of sp³-hybridized carbons (Fsp3) is 0.750. The molecular formula is C12H20O2. The van der Waals surface area contributed by atoms with Crippen molar-refractivity contribution in [3.8, 4) is 0 Å². The zero-order valence-corrected chi connectivity index (χ0v) is 9.21. The van der Waals surface area contributed by atoms with Gasteiger partial charge in [0.2, 0.25) is 0 Å². The minimum atomic E-state index is -0.201. The van der Waals surface area contributed by atoms with E-state index in [1.807, 2.05) is 0 Å². The normalized spacial score (nSPS) is 19.4. The van der Waals surface area contributed by atoms with E-state index in [1.54, 1.807) is 6.08 Å². The first kappa shape index (κ1) is 11.3. The van der Waals surface area contributed by atoms with Crippen molar-refractivity contribution in [2.45, 2.75) is 45.4 Å². The van der Waals surface area contributed by atoms with E-state index in [0.29, 0.717) is 5.92 Å². The molecule has 0 radical (unpaired) electrons. The van der Waals surface area contributed by atoms with Crippen LogP contribution in [0.5, 0.6) is 0 Å². The van der Waals surface area contributed by atoms with Gasteiger partial charge in [-0.1, -0.05) is 31.8 Å². The molecule has 0 bridgehead atoms. The molecule has 1 aliphatic rings. The molecule has 14 heavy (non-hydrogen) atoms. The molecule has 0 amide bonds. The quantitative estimate of drug-likeness (QED) is 0.512. The standard InChI is InChI=1S/C12H20O2/c1-3-10(9-12(13)14-2)11-7-5-4-6-8-11/h9,11H,3-8H2,1-2H3. The lowest BCUT2D eigenvalue weighted by Crippen LogP contribution is -2.10. The van der Waals surface area contributed by atoms with Crippen LogP contribution in [0.25, 0.3) is 0 Å². The number of carbonyl (C=O) groups is 1. The minimum Gasteiger partial charge on any atom is -0.466 e. The Kier molecular flexibility index (Phi) is 4.71. The van der Waals surface area contributed by atoms with E-state index in [9.17, 15) is 4.79 Å². The number of carbonyl (C=O) groups excluding carboxylic acids is 1. The topological polar surface area (TPSA) is 26.3 Å². The molecule has 0 aliphatic heterocycles. The lowest BCUT2D eigenvalue weighted by atomic mass is 9.82. The number of methoxy groups -OCH3 is 1. The van der Waals surface area contributed by atoms with Gasteiger partial charge in [0.15, 0.2) is 0 Å². The zero-order chi connectivity index (χ0) is 10.4. The molecule has 0 aromatic carbocycles. The van der Waals surface area contributed by atoms with E-state index in [2.05, 4.69) is 11.7 Å². The second-order valence-electron chi connectivity index (χ2n) is 3.93. The fourth-order valence-corrected chi connectivity index (χ4v) is 2.19. The number of rotatable bonds is 3. The maximum Gasteiger partial charge on any atom is 0.330 e. The molecule has 1 aliphatic carbocycles. The largest absolute Gasteiger partial charge is 0.466 e. The first-order valence-electron chi connectivity index (χ1n) is 5.56. The molecule has 2 heteroatoms. The lowest BCUT2D eigenvalue weighted by molar-refractivity contribution is -0.134. The van der Waals surface area contributed by atoms with E-state index < -0.39 is 0 Å². The fourth-order valence-electron chi connectivity index (χ4n) is 2.19. The van der Waals surface area contributed by atoms with Gasteiger partial charge in [-0.15, -0.1) is 0 Å². The summed E-state index contributed by atoms with van der Waals surface area (Å²) in [5.41, 5.74) is 1.27. The van der Waals surface area contributed by atoms with Crippen molar-refractivity contribution in [3.63, 3.8) is 0 Å². The molecular weight excluding hydrogens is 176 g/mol. The first-order valence-corrected chi connectivity index (χ1v) is 5.56. The Hall–Kier alpha value is -0.790. The Morgan fingerprint density at radius 1 is 1.36 bits per heavy atom. The van der Waals surface area contributed by atoms with Gasteiger partial charge >= 0.3 is 5.97 Å². The Labute approximate surface area is 86.3 Å². The van der Waals surface area contributed by atoms with Crippen LogP contribution in [-0.4, -0.2) is 13.1 Å². The smallest absolute Gasteiger partial charge is 0.330 e. The number of ether oxygens (including phenoxy) is 1. The molecule has 0 heterocycles. The molecule has 0 spiro atoms. The lowest BCUT2D eigenvalue weighted by Gasteiger charge is -2.23. The van der Waals surface area contributed by atoms with Crippen LogP contribution in [0.2, 0.25) is 0 Å². The summed E-state index contributed by atoms with van der Waals surface area (Å²) >= 11 is 0. The average Bonchev–Trinajstić information content (AvgIpc) is 2.26. The number of esters is 1. The second-order valence-corrected chi connectivity index (χ2v) is 3.93. The zero-order valence-electron chi connectivity index (χ0n) is 9.21. The summed E-state index contributed by atoms with van der Waals surface area (Å²) in [6, 6.07) is 0. The minimum absolute atomic E-state index is 0.201. The van der Waals surface area contributed by atoms with Gasteiger partial charge in [-0.25, -0.2) is 4.79 Å². The van der Waals surface area contributed by atoms with Crippen molar-refractivity contribution >= 4 is 5.97 Å². The van der Waals surface area contributed by atoms with Gasteiger partial charge in [-0.3, -0.25) is 0 Å². The summed E-state index contributed by atoms with van der Waals surface area (Å²) in [4.78, 5) is 11.1. The molecule has 1 saturated carbocycles. The van der Waals surface area contributed by atoms with Crippen molar-refractivity contribution < 1.29 is 9.53 Å². The van der Waals surface area contributed by atoms with Gasteiger partial charge in [-0.05, 0) is 25.2 Å². The molecule has 0 N–H and O–H groups in total. The third-order valence-corrected chi connectivity index (χ3v) is 3.04. The van der Waals surface area contributed by atoms with Gasteiger partial charge in [0.1, 0.15) is 0 Å². The highest BCUT2D eigenvalue weighted by atomic mass is 16.5. The Bertz CT molecular complexity index is 212. The predicted octanol–water partition coefficient (Wildman–Crippen LogP) is 3.08. The van der Waals surface area contributed by atoms with Crippen molar-refractivity contribution in [2.75, 3.05) is 7.11 Å². The van der Waals surface area contributed by atoms with E-state index in [4.69, 9.17) is 0 Å². The van der Waals surface area contributed by atoms with Gasteiger partial charge in [-0.2, -0.15) is 0 Å². The van der Waals surface area contributed by atoms with Crippen LogP contribution >= 0.6 is 0 Å². The summed E-state index contributed by atoms with van der Waals surface area (Å²) < 4.78 is 4.66. The van der Waals surface area contributed by atoms with E-state index in [0.717, 1.165) is 6.42 Å². The summed E-state index contributed by atoms with van der Waals surface area (Å²) in [6.45, 7) is 2.11. The highest BCUT2D eigenvalue weighted by molar-refractivity contribution is 5.82. The third kappa shape index (κ3) is 3.17. The maximum absolute atomic E-state index is 11.1. The van der Waals surface area contributed by atoms with E-state index >= 15 is 0 Å². The van der Waals surface area contributed by atoms with Crippen LogP contribution in [0.3, 0.4) is 0 Å². The number of allylic oxidation sites excluding steroid dienone is 1. The van der Waals surface area contributed by atoms with Crippen molar-refractivity contribution in [1.82, 2.24) is 0 Å². The Balaban J connectivity index is 2.59.